The number of hydrogen-bond acceptors (Lipinski definition) is 3. The first-order valence-corrected chi connectivity index (χ1v) is 11.7. The van der Waals surface area contributed by atoms with Crippen LogP contribution in [0.3, 0.4) is 0 Å². The molecule has 154 valence electrons. The minimum atomic E-state index is -3.22. The summed E-state index contributed by atoms with van der Waals surface area (Å²) < 4.78 is 18.1. The molecule has 1 aliphatic carbocycles. The Morgan fingerprint density at radius 2 is 1.67 bits per heavy atom. The number of carbonyl (C=O) groups is 1. The number of aromatic amines is 1. The number of rotatable bonds is 4. The molecule has 1 aromatic heterocycles. The van der Waals surface area contributed by atoms with Crippen LogP contribution >= 0.6 is 0 Å². The van der Waals surface area contributed by atoms with E-state index < -0.39 is 21.2 Å². The summed E-state index contributed by atoms with van der Waals surface area (Å²) in [5.74, 6) is -0.212. The maximum absolute atomic E-state index is 14.0. The Morgan fingerprint density at radius 3 is 2.23 bits per heavy atom. The van der Waals surface area contributed by atoms with Crippen molar-refractivity contribution in [1.29, 1.82) is 0 Å². The lowest BCUT2D eigenvalue weighted by Gasteiger charge is -2.23. The number of carbonyl (C=O) groups excluding carboxylic acids is 1. The van der Waals surface area contributed by atoms with Gasteiger partial charge in [-0.3, -0.25) is 9.59 Å². The molecule has 0 bridgehead atoms. The van der Waals surface area contributed by atoms with Gasteiger partial charge in [-0.1, -0.05) is 49.7 Å². The van der Waals surface area contributed by atoms with Crippen LogP contribution in [0.15, 0.2) is 85.7 Å². The van der Waals surface area contributed by atoms with Crippen LogP contribution in [0.1, 0.15) is 41.4 Å². The third-order valence-corrected chi connectivity index (χ3v) is 7.92. The van der Waals surface area contributed by atoms with E-state index in [1.807, 2.05) is 12.1 Å². The number of aryl methyl sites for hydroxylation is 1. The lowest BCUT2D eigenvalue weighted by Crippen LogP contribution is -2.24. The molecule has 30 heavy (non-hydrogen) atoms. The van der Waals surface area contributed by atoms with E-state index in [0.717, 1.165) is 36.9 Å². The first kappa shape index (κ1) is 20.3. The van der Waals surface area contributed by atoms with E-state index in [-0.39, 0.29) is 5.56 Å². The lowest BCUT2D eigenvalue weighted by atomic mass is 9.84. The van der Waals surface area contributed by atoms with Gasteiger partial charge in [-0.15, -0.1) is 4.36 Å². The van der Waals surface area contributed by atoms with Crippen molar-refractivity contribution in [3.05, 3.63) is 93.9 Å². The van der Waals surface area contributed by atoms with Crippen LogP contribution in [0.25, 0.3) is 0 Å². The highest BCUT2D eigenvalue weighted by atomic mass is 32.2. The van der Waals surface area contributed by atoms with Crippen molar-refractivity contribution in [2.75, 3.05) is 0 Å². The van der Waals surface area contributed by atoms with E-state index in [1.54, 1.807) is 54.6 Å². The summed E-state index contributed by atoms with van der Waals surface area (Å²) >= 11 is 0. The average molecular weight is 421 g/mol. The number of fused-ring (bicyclic) bond motifs is 1. The van der Waals surface area contributed by atoms with Gasteiger partial charge in [-0.25, -0.2) is 4.21 Å². The number of nitrogens with one attached hydrogen (secondary N) is 1. The molecule has 2 aromatic carbocycles. The highest BCUT2D eigenvalue weighted by Crippen LogP contribution is 2.27. The largest absolute Gasteiger partial charge is 0.325 e. The molecule has 1 amide bonds. The molecule has 0 spiro atoms. The van der Waals surface area contributed by atoms with E-state index in [9.17, 15) is 13.8 Å². The van der Waals surface area contributed by atoms with Crippen LogP contribution in [0.5, 0.6) is 0 Å². The van der Waals surface area contributed by atoms with Crippen molar-refractivity contribution in [3.8, 4) is 0 Å². The van der Waals surface area contributed by atoms with Crippen LogP contribution in [0.2, 0.25) is 0 Å². The number of nitrogens with zero attached hydrogens (tertiary/aromatic N) is 1. The van der Waals surface area contributed by atoms with Gasteiger partial charge in [0, 0.05) is 5.69 Å². The molecule has 1 heterocycles. The van der Waals surface area contributed by atoms with E-state index in [0.29, 0.717) is 15.7 Å². The Kier molecular flexibility index (Phi) is 5.68. The first-order chi connectivity index (χ1) is 14.5. The lowest BCUT2D eigenvalue weighted by molar-refractivity contribution is 0.100. The van der Waals surface area contributed by atoms with E-state index in [1.165, 1.54) is 0 Å². The second-order valence-corrected chi connectivity index (χ2v) is 9.76. The molecule has 1 N–H and O–H groups in total. The highest BCUT2D eigenvalue weighted by Gasteiger charge is 2.24. The summed E-state index contributed by atoms with van der Waals surface area (Å²) in [7, 11) is -3.22. The van der Waals surface area contributed by atoms with Gasteiger partial charge in [0.15, 0.2) is 0 Å². The van der Waals surface area contributed by atoms with Gasteiger partial charge in [-0.05, 0) is 61.1 Å². The quantitative estimate of drug-likeness (QED) is 0.669. The number of amides is 1. The molecule has 1 aliphatic rings. The van der Waals surface area contributed by atoms with Crippen molar-refractivity contribution in [1.82, 2.24) is 4.98 Å². The normalized spacial score (nSPS) is 16.0. The van der Waals surface area contributed by atoms with E-state index in [4.69, 9.17) is 0 Å². The molecule has 0 fully saturated rings. The molecule has 0 saturated carbocycles. The topological polar surface area (TPSA) is 79.4 Å². The van der Waals surface area contributed by atoms with Gasteiger partial charge < -0.3 is 4.98 Å². The van der Waals surface area contributed by atoms with Crippen LogP contribution in [-0.4, -0.2) is 15.1 Å². The number of hydrogen-bond donors (Lipinski definition) is 1. The highest BCUT2D eigenvalue weighted by molar-refractivity contribution is 7.94. The average Bonchev–Trinajstić information content (AvgIpc) is 2.79. The summed E-state index contributed by atoms with van der Waals surface area (Å²) in [6.45, 7) is 2.15. The standard InChI is InChI=1S/C24H24N2O3S/c1-2-17-13-14-22-18(15-17)16-21(23(27)25-22)24(28)26-30(29,19-9-5-3-6-10-19)20-11-7-4-8-12-20/h3-12,16-17H,2,13-15H2,1H3,(H,25,27). The van der Waals surface area contributed by atoms with Crippen LogP contribution in [0, 0.1) is 5.92 Å². The summed E-state index contributed by atoms with van der Waals surface area (Å²) in [5.41, 5.74) is 1.36. The Hall–Kier alpha value is -2.99. The SMILES string of the molecule is CCC1CCc2[nH]c(=O)c(C(=O)N=S(=O)(c3ccccc3)c3ccccc3)cc2C1. The zero-order chi connectivity index (χ0) is 21.1. The van der Waals surface area contributed by atoms with Crippen molar-refractivity contribution in [2.24, 2.45) is 10.3 Å². The Morgan fingerprint density at radius 1 is 1.07 bits per heavy atom. The fourth-order valence-corrected chi connectivity index (χ4v) is 5.77. The first-order valence-electron chi connectivity index (χ1n) is 10.2. The summed E-state index contributed by atoms with van der Waals surface area (Å²) in [5, 5.41) is 0. The number of benzene rings is 2. The number of pyridine rings is 1. The molecule has 1 unspecified atom stereocenters. The van der Waals surface area contributed by atoms with Gasteiger partial charge in [-0.2, -0.15) is 0 Å². The molecule has 4 rings (SSSR count). The van der Waals surface area contributed by atoms with Gasteiger partial charge in [0.05, 0.1) is 9.79 Å². The van der Waals surface area contributed by atoms with Gasteiger partial charge in [0.25, 0.3) is 11.5 Å². The number of aromatic nitrogens is 1. The van der Waals surface area contributed by atoms with Crippen molar-refractivity contribution >= 4 is 15.6 Å². The molecule has 1 atom stereocenters. The molecule has 0 radical (unpaired) electrons. The van der Waals surface area contributed by atoms with Crippen LogP contribution in [0.4, 0.5) is 0 Å². The third-order valence-electron chi connectivity index (χ3n) is 5.67. The zero-order valence-corrected chi connectivity index (χ0v) is 17.7. The second-order valence-electron chi connectivity index (χ2n) is 7.58. The van der Waals surface area contributed by atoms with E-state index in [2.05, 4.69) is 16.3 Å². The van der Waals surface area contributed by atoms with Crippen molar-refractivity contribution in [3.63, 3.8) is 0 Å². The van der Waals surface area contributed by atoms with Gasteiger partial charge >= 0.3 is 0 Å². The molecular formula is C24H24N2O3S. The van der Waals surface area contributed by atoms with Crippen molar-refractivity contribution in [2.45, 2.75) is 42.4 Å². The van der Waals surface area contributed by atoms with Crippen LogP contribution in [-0.2, 0) is 22.6 Å². The molecule has 3 aromatic rings. The molecule has 0 aliphatic heterocycles. The third kappa shape index (κ3) is 3.87. The minimum Gasteiger partial charge on any atom is -0.325 e. The van der Waals surface area contributed by atoms with Gasteiger partial charge in [0.2, 0.25) is 0 Å². The number of H-pyrrole nitrogens is 1. The summed E-state index contributed by atoms with van der Waals surface area (Å²) in [4.78, 5) is 29.4. The van der Waals surface area contributed by atoms with E-state index >= 15 is 0 Å². The zero-order valence-electron chi connectivity index (χ0n) is 16.8. The maximum Gasteiger partial charge on any atom is 0.291 e. The Labute approximate surface area is 176 Å². The predicted molar refractivity (Wildman–Crippen MR) is 117 cm³/mol. The summed E-state index contributed by atoms with van der Waals surface area (Å²) in [6.07, 6.45) is 3.73. The maximum atomic E-state index is 14.0. The monoisotopic (exact) mass is 420 g/mol. The van der Waals surface area contributed by atoms with Crippen LogP contribution < -0.4 is 5.56 Å². The Bertz CT molecular complexity index is 1190. The predicted octanol–water partition coefficient (Wildman–Crippen LogP) is 4.62. The Balaban J connectivity index is 1.84. The second kappa shape index (κ2) is 8.40. The fraction of sp³-hybridized carbons (Fsp3) is 0.250. The van der Waals surface area contributed by atoms with Gasteiger partial charge in [0.1, 0.15) is 15.3 Å². The smallest absolute Gasteiger partial charge is 0.291 e. The minimum absolute atomic E-state index is 0.0508. The molecule has 6 heteroatoms. The molecule has 0 saturated heterocycles. The summed E-state index contributed by atoms with van der Waals surface area (Å²) in [6, 6.07) is 19.1. The molecular weight excluding hydrogens is 396 g/mol. The van der Waals surface area contributed by atoms with Crippen molar-refractivity contribution < 1.29 is 9.00 Å². The molecule has 5 nitrogen and oxygen atoms in total. The fourth-order valence-electron chi connectivity index (χ4n) is 3.90.